The fourth-order valence-corrected chi connectivity index (χ4v) is 4.83. The van der Waals surface area contributed by atoms with E-state index >= 15 is 0 Å². The number of nitrogens with one attached hydrogen (secondary N) is 2. The maximum atomic E-state index is 12.4. The van der Waals surface area contributed by atoms with E-state index in [0.717, 1.165) is 36.1 Å². The number of hydrogen-bond donors (Lipinski definition) is 2. The van der Waals surface area contributed by atoms with Crippen LogP contribution in [-0.2, 0) is 27.2 Å². The average Bonchev–Trinajstić information content (AvgIpc) is 3.52. The summed E-state index contributed by atoms with van der Waals surface area (Å²) in [7, 11) is 1.27. The van der Waals surface area contributed by atoms with Crippen molar-refractivity contribution in [1.29, 1.82) is 0 Å². The van der Waals surface area contributed by atoms with Gasteiger partial charge in [0.1, 0.15) is 10.8 Å². The summed E-state index contributed by atoms with van der Waals surface area (Å²) in [6.45, 7) is 0. The van der Waals surface area contributed by atoms with Crippen LogP contribution in [0.3, 0.4) is 0 Å². The fraction of sp³-hybridized carbons (Fsp3) is 0.208. The number of anilines is 1. The van der Waals surface area contributed by atoms with Crippen LogP contribution in [0.5, 0.6) is 5.75 Å². The molecule has 0 bridgehead atoms. The molecule has 11 heteroatoms. The summed E-state index contributed by atoms with van der Waals surface area (Å²) in [5, 5.41) is 6.57. The van der Waals surface area contributed by atoms with Gasteiger partial charge in [-0.25, -0.2) is 15.0 Å². The summed E-state index contributed by atoms with van der Waals surface area (Å²) in [6, 6.07) is 9.45. The number of furan rings is 1. The van der Waals surface area contributed by atoms with Crippen LogP contribution in [0.15, 0.2) is 52.2 Å². The van der Waals surface area contributed by atoms with Crippen molar-refractivity contribution in [3.8, 4) is 5.75 Å². The minimum absolute atomic E-state index is 0.0595. The molecular formula is C24H21N3O7S. The number of rotatable bonds is 6. The number of ether oxygens (including phenoxy) is 2. The number of fused-ring (bicyclic) bond motifs is 1. The molecule has 2 amide bonds. The minimum atomic E-state index is -1.01. The lowest BCUT2D eigenvalue weighted by atomic mass is 9.95. The lowest BCUT2D eigenvalue weighted by Crippen LogP contribution is -2.32. The molecule has 0 saturated heterocycles. The molecule has 0 unspecified atom stereocenters. The number of hydrogen-bond acceptors (Lipinski definition) is 9. The molecule has 3 aromatic rings. The first-order chi connectivity index (χ1) is 17.0. The van der Waals surface area contributed by atoms with Crippen molar-refractivity contribution in [3.63, 3.8) is 0 Å². The molecule has 10 nitrogen and oxygen atoms in total. The van der Waals surface area contributed by atoms with Crippen LogP contribution in [0.2, 0.25) is 0 Å². The third-order valence-electron chi connectivity index (χ3n) is 5.16. The Labute approximate surface area is 203 Å². The fourth-order valence-electron chi connectivity index (χ4n) is 3.56. The van der Waals surface area contributed by atoms with Crippen LogP contribution >= 0.6 is 11.3 Å². The molecule has 0 saturated carbocycles. The number of aryl methyl sites for hydroxylation is 1. The van der Waals surface area contributed by atoms with Crippen LogP contribution < -0.4 is 15.5 Å². The predicted molar refractivity (Wildman–Crippen MR) is 127 cm³/mol. The van der Waals surface area contributed by atoms with E-state index in [9.17, 15) is 19.2 Å². The maximum absolute atomic E-state index is 12.4. The van der Waals surface area contributed by atoms with Gasteiger partial charge in [-0.15, -0.1) is 11.3 Å². The number of thiophene rings is 1. The molecule has 2 N–H and O–H groups in total. The molecule has 0 atom stereocenters. The van der Waals surface area contributed by atoms with E-state index in [2.05, 4.69) is 15.8 Å². The van der Waals surface area contributed by atoms with Gasteiger partial charge < -0.3 is 19.2 Å². The highest BCUT2D eigenvalue weighted by Crippen LogP contribution is 2.38. The van der Waals surface area contributed by atoms with Crippen molar-refractivity contribution in [1.82, 2.24) is 5.43 Å². The Hall–Kier alpha value is -4.25. The molecule has 1 aromatic carbocycles. The highest BCUT2D eigenvalue weighted by atomic mass is 32.1. The Morgan fingerprint density at radius 1 is 1.06 bits per heavy atom. The Bertz CT molecular complexity index is 1290. The standard InChI is InChI=1S/C24H21N3O7S/c1-32-24(31)19-16-8-2-3-10-18(16)35-22(19)26-20(28)21(29)27-25-13-14-6-4-7-15(12-14)34-23(30)17-9-5-11-33-17/h4-7,9,11-13H,2-3,8,10H2,1H3,(H,26,28)(H,27,29). The normalized spacial score (nSPS) is 12.6. The van der Waals surface area contributed by atoms with Crippen LogP contribution in [0.1, 0.15) is 49.8 Å². The summed E-state index contributed by atoms with van der Waals surface area (Å²) in [4.78, 5) is 49.9. The number of methoxy groups -OCH3 is 1. The first-order valence-corrected chi connectivity index (χ1v) is 11.5. The zero-order valence-electron chi connectivity index (χ0n) is 18.7. The van der Waals surface area contributed by atoms with E-state index in [1.807, 2.05) is 0 Å². The predicted octanol–water partition coefficient (Wildman–Crippen LogP) is 3.31. The molecule has 0 spiro atoms. The summed E-state index contributed by atoms with van der Waals surface area (Å²) in [6.07, 6.45) is 6.13. The van der Waals surface area contributed by atoms with Gasteiger partial charge in [-0.05, 0) is 61.1 Å². The molecule has 1 aliphatic carbocycles. The Kier molecular flexibility index (Phi) is 7.36. The zero-order valence-corrected chi connectivity index (χ0v) is 19.5. The number of carbonyl (C=O) groups excluding carboxylic acids is 4. The minimum Gasteiger partial charge on any atom is -0.465 e. The van der Waals surface area contributed by atoms with E-state index in [4.69, 9.17) is 13.9 Å². The van der Waals surface area contributed by atoms with Crippen molar-refractivity contribution in [2.45, 2.75) is 25.7 Å². The molecule has 35 heavy (non-hydrogen) atoms. The summed E-state index contributed by atoms with van der Waals surface area (Å²) in [5.74, 6) is -2.88. The summed E-state index contributed by atoms with van der Waals surface area (Å²) >= 11 is 1.28. The number of carbonyl (C=O) groups is 4. The van der Waals surface area contributed by atoms with Crippen molar-refractivity contribution < 1.29 is 33.1 Å². The van der Waals surface area contributed by atoms with E-state index in [1.165, 1.54) is 43.1 Å². The van der Waals surface area contributed by atoms with E-state index < -0.39 is 23.8 Å². The van der Waals surface area contributed by atoms with Crippen LogP contribution in [0, 0.1) is 0 Å². The molecular weight excluding hydrogens is 474 g/mol. The molecule has 0 radical (unpaired) electrons. The largest absolute Gasteiger partial charge is 0.465 e. The van der Waals surface area contributed by atoms with Gasteiger partial charge in [0.25, 0.3) is 0 Å². The first kappa shape index (κ1) is 23.9. The second-order valence-corrected chi connectivity index (χ2v) is 8.60. The topological polar surface area (TPSA) is 136 Å². The van der Waals surface area contributed by atoms with Gasteiger partial charge in [0.2, 0.25) is 5.76 Å². The molecule has 2 aromatic heterocycles. The molecule has 2 heterocycles. The molecule has 180 valence electrons. The average molecular weight is 496 g/mol. The highest BCUT2D eigenvalue weighted by molar-refractivity contribution is 7.17. The zero-order chi connectivity index (χ0) is 24.8. The molecule has 0 aliphatic heterocycles. The van der Waals surface area contributed by atoms with Crippen LogP contribution in [0.25, 0.3) is 0 Å². The smallest absolute Gasteiger partial charge is 0.379 e. The van der Waals surface area contributed by atoms with E-state index in [1.54, 1.807) is 24.3 Å². The van der Waals surface area contributed by atoms with Gasteiger partial charge in [-0.2, -0.15) is 5.10 Å². The number of amides is 2. The number of benzene rings is 1. The van der Waals surface area contributed by atoms with E-state index in [0.29, 0.717) is 16.1 Å². The third-order valence-corrected chi connectivity index (χ3v) is 6.37. The quantitative estimate of drug-likeness (QED) is 0.176. The molecule has 1 aliphatic rings. The van der Waals surface area contributed by atoms with Gasteiger partial charge in [-0.3, -0.25) is 9.59 Å². The summed E-state index contributed by atoms with van der Waals surface area (Å²) < 4.78 is 15.1. The van der Waals surface area contributed by atoms with Crippen LogP contribution in [-0.4, -0.2) is 37.1 Å². The molecule has 0 fully saturated rings. The van der Waals surface area contributed by atoms with Gasteiger partial charge in [-0.1, -0.05) is 12.1 Å². The highest BCUT2D eigenvalue weighted by Gasteiger charge is 2.28. The Morgan fingerprint density at radius 2 is 1.89 bits per heavy atom. The van der Waals surface area contributed by atoms with Crippen LogP contribution in [0.4, 0.5) is 5.00 Å². The maximum Gasteiger partial charge on any atom is 0.379 e. The Balaban J connectivity index is 1.37. The van der Waals surface area contributed by atoms with Gasteiger partial charge in [0.05, 0.1) is 25.2 Å². The third kappa shape index (κ3) is 5.64. The first-order valence-electron chi connectivity index (χ1n) is 10.7. The SMILES string of the molecule is COC(=O)c1c(NC(=O)C(=O)NN=Cc2cccc(OC(=O)c3ccco3)c2)sc2c1CCCC2. The summed E-state index contributed by atoms with van der Waals surface area (Å²) in [5.41, 5.74) is 3.82. The lowest BCUT2D eigenvalue weighted by Gasteiger charge is -2.11. The van der Waals surface area contributed by atoms with Gasteiger partial charge >= 0.3 is 23.8 Å². The monoisotopic (exact) mass is 495 g/mol. The van der Waals surface area contributed by atoms with Gasteiger partial charge in [0.15, 0.2) is 0 Å². The van der Waals surface area contributed by atoms with Gasteiger partial charge in [0, 0.05) is 4.88 Å². The Morgan fingerprint density at radius 3 is 2.66 bits per heavy atom. The number of hydrazone groups is 1. The lowest BCUT2D eigenvalue weighted by molar-refractivity contribution is -0.136. The second-order valence-electron chi connectivity index (χ2n) is 7.50. The second kappa shape index (κ2) is 10.8. The van der Waals surface area contributed by atoms with Crippen molar-refractivity contribution in [2.24, 2.45) is 5.10 Å². The molecule has 4 rings (SSSR count). The van der Waals surface area contributed by atoms with Crippen molar-refractivity contribution in [3.05, 3.63) is 70.0 Å². The van der Waals surface area contributed by atoms with E-state index in [-0.39, 0.29) is 11.5 Å². The van der Waals surface area contributed by atoms with Crippen molar-refractivity contribution >= 4 is 46.3 Å². The van der Waals surface area contributed by atoms with Crippen molar-refractivity contribution in [2.75, 3.05) is 12.4 Å². The number of nitrogens with zero attached hydrogens (tertiary/aromatic N) is 1. The number of esters is 2.